The van der Waals surface area contributed by atoms with Crippen LogP contribution in [0.2, 0.25) is 0 Å². The summed E-state index contributed by atoms with van der Waals surface area (Å²) in [5, 5.41) is 0. The predicted octanol–water partition coefficient (Wildman–Crippen LogP) is 0.812. The van der Waals surface area contributed by atoms with E-state index in [1.54, 1.807) is 6.33 Å². The first-order valence-electron chi connectivity index (χ1n) is 4.31. The van der Waals surface area contributed by atoms with Gasteiger partial charge in [-0.1, -0.05) is 0 Å². The van der Waals surface area contributed by atoms with Gasteiger partial charge in [-0.2, -0.15) is 4.98 Å². The quantitative estimate of drug-likeness (QED) is 0.672. The number of H-pyrrole nitrogens is 1. The Balaban J connectivity index is 2.33. The van der Waals surface area contributed by atoms with Gasteiger partial charge in [0.25, 0.3) is 0 Å². The van der Waals surface area contributed by atoms with Crippen molar-refractivity contribution in [3.05, 3.63) is 12.0 Å². The number of hydrogen-bond donors (Lipinski definition) is 2. The summed E-state index contributed by atoms with van der Waals surface area (Å²) >= 11 is 0. The minimum Gasteiger partial charge on any atom is -0.368 e. The smallest absolute Gasteiger partial charge is 0.222 e. The minimum atomic E-state index is 0.332. The first-order valence-corrected chi connectivity index (χ1v) is 4.31. The largest absolute Gasteiger partial charge is 0.368 e. The van der Waals surface area contributed by atoms with Crippen molar-refractivity contribution >= 4 is 17.1 Å². The summed E-state index contributed by atoms with van der Waals surface area (Å²) in [6.45, 7) is 0. The summed E-state index contributed by atoms with van der Waals surface area (Å²) in [6, 6.07) is 0. The lowest BCUT2D eigenvalue weighted by Crippen LogP contribution is -1.99. The number of anilines is 1. The van der Waals surface area contributed by atoms with E-state index in [2.05, 4.69) is 19.9 Å². The zero-order valence-corrected chi connectivity index (χ0v) is 6.99. The molecule has 0 aromatic carbocycles. The van der Waals surface area contributed by atoms with Crippen LogP contribution in [0.15, 0.2) is 6.33 Å². The number of nitrogen functional groups attached to an aromatic ring is 1. The molecule has 0 spiro atoms. The van der Waals surface area contributed by atoms with Crippen molar-refractivity contribution in [3.63, 3.8) is 0 Å². The van der Waals surface area contributed by atoms with Gasteiger partial charge < -0.3 is 10.7 Å². The third-order valence-corrected chi connectivity index (χ3v) is 2.29. The van der Waals surface area contributed by atoms with Crippen molar-refractivity contribution < 1.29 is 0 Å². The lowest BCUT2D eigenvalue weighted by Gasteiger charge is -1.98. The Bertz CT molecular complexity index is 457. The molecule has 66 valence electrons. The van der Waals surface area contributed by atoms with Gasteiger partial charge in [0.05, 0.1) is 12.0 Å². The van der Waals surface area contributed by atoms with Gasteiger partial charge in [-0.25, -0.2) is 9.97 Å². The maximum Gasteiger partial charge on any atom is 0.222 e. The molecular formula is C8H9N5. The monoisotopic (exact) mass is 175 g/mol. The summed E-state index contributed by atoms with van der Waals surface area (Å²) in [4.78, 5) is 15.4. The number of nitrogens with one attached hydrogen (secondary N) is 1. The lowest BCUT2D eigenvalue weighted by molar-refractivity contribution is 1.02. The minimum absolute atomic E-state index is 0.332. The molecule has 0 atom stereocenters. The van der Waals surface area contributed by atoms with Gasteiger partial charge in [-0.05, 0) is 12.8 Å². The highest BCUT2D eigenvalue weighted by Crippen LogP contribution is 2.41. The van der Waals surface area contributed by atoms with Crippen molar-refractivity contribution in [2.45, 2.75) is 18.8 Å². The summed E-state index contributed by atoms with van der Waals surface area (Å²) < 4.78 is 0. The van der Waals surface area contributed by atoms with Crippen LogP contribution in [0.25, 0.3) is 11.2 Å². The molecule has 2 aromatic rings. The van der Waals surface area contributed by atoms with Gasteiger partial charge in [0.1, 0.15) is 5.52 Å². The van der Waals surface area contributed by atoms with Crippen LogP contribution < -0.4 is 5.73 Å². The molecule has 1 aliphatic rings. The third kappa shape index (κ3) is 0.965. The number of hydrogen-bond acceptors (Lipinski definition) is 4. The Labute approximate surface area is 74.4 Å². The number of aromatic nitrogens is 4. The Morgan fingerprint density at radius 1 is 1.38 bits per heavy atom. The highest BCUT2D eigenvalue weighted by molar-refractivity contribution is 5.74. The van der Waals surface area contributed by atoms with Crippen molar-refractivity contribution in [3.8, 4) is 0 Å². The topological polar surface area (TPSA) is 80.5 Å². The maximum atomic E-state index is 5.58. The zero-order valence-electron chi connectivity index (χ0n) is 6.99. The summed E-state index contributed by atoms with van der Waals surface area (Å²) in [6.07, 6.45) is 4.02. The van der Waals surface area contributed by atoms with Crippen LogP contribution >= 0.6 is 0 Å². The van der Waals surface area contributed by atoms with E-state index in [4.69, 9.17) is 5.73 Å². The van der Waals surface area contributed by atoms with Crippen LogP contribution in [0.3, 0.4) is 0 Å². The Kier molecular flexibility index (Phi) is 1.15. The summed E-state index contributed by atoms with van der Waals surface area (Å²) in [5.41, 5.74) is 8.20. The third-order valence-electron chi connectivity index (χ3n) is 2.29. The second-order valence-electron chi connectivity index (χ2n) is 3.34. The fourth-order valence-electron chi connectivity index (χ4n) is 1.52. The van der Waals surface area contributed by atoms with E-state index in [1.807, 2.05) is 0 Å². The van der Waals surface area contributed by atoms with Gasteiger partial charge in [-0.15, -0.1) is 0 Å². The standard InChI is InChI=1S/C8H9N5/c9-8-12-5(4-1-2-4)6-7(13-8)11-3-10-6/h3-4H,1-2H2,(H3,9,10,11,12,13). The summed E-state index contributed by atoms with van der Waals surface area (Å²) in [5.74, 6) is 0.884. The molecule has 0 saturated heterocycles. The molecule has 2 aromatic heterocycles. The molecule has 13 heavy (non-hydrogen) atoms. The normalized spacial score (nSPS) is 16.6. The van der Waals surface area contributed by atoms with E-state index in [1.165, 1.54) is 12.8 Å². The Morgan fingerprint density at radius 2 is 2.23 bits per heavy atom. The molecule has 1 fully saturated rings. The van der Waals surface area contributed by atoms with E-state index in [0.29, 0.717) is 11.9 Å². The molecule has 0 radical (unpaired) electrons. The van der Waals surface area contributed by atoms with Crippen LogP contribution in [0.1, 0.15) is 24.5 Å². The van der Waals surface area contributed by atoms with Crippen molar-refractivity contribution in [1.82, 2.24) is 19.9 Å². The van der Waals surface area contributed by atoms with E-state index >= 15 is 0 Å². The number of rotatable bonds is 1. The molecule has 0 aliphatic heterocycles. The maximum absolute atomic E-state index is 5.58. The number of imidazole rings is 1. The number of aromatic amines is 1. The van der Waals surface area contributed by atoms with Crippen LogP contribution in [0.5, 0.6) is 0 Å². The van der Waals surface area contributed by atoms with Crippen molar-refractivity contribution in [1.29, 1.82) is 0 Å². The average molecular weight is 175 g/mol. The number of nitrogens with zero attached hydrogens (tertiary/aromatic N) is 3. The first kappa shape index (κ1) is 6.82. The van der Waals surface area contributed by atoms with Gasteiger partial charge >= 0.3 is 0 Å². The van der Waals surface area contributed by atoms with Crippen LogP contribution in [0, 0.1) is 0 Å². The molecule has 5 heteroatoms. The Hall–Kier alpha value is -1.65. The molecule has 0 bridgehead atoms. The van der Waals surface area contributed by atoms with E-state index < -0.39 is 0 Å². The molecule has 5 nitrogen and oxygen atoms in total. The number of fused-ring (bicyclic) bond motifs is 1. The first-order chi connectivity index (χ1) is 6.34. The van der Waals surface area contributed by atoms with Gasteiger partial charge in [0, 0.05) is 5.92 Å². The van der Waals surface area contributed by atoms with E-state index in [-0.39, 0.29) is 0 Å². The van der Waals surface area contributed by atoms with Crippen LogP contribution in [0.4, 0.5) is 5.95 Å². The molecule has 0 amide bonds. The fourth-order valence-corrected chi connectivity index (χ4v) is 1.52. The number of nitrogens with two attached hydrogens (primary N) is 1. The van der Waals surface area contributed by atoms with E-state index in [9.17, 15) is 0 Å². The molecule has 2 heterocycles. The van der Waals surface area contributed by atoms with Gasteiger partial charge in [-0.3, -0.25) is 0 Å². The Morgan fingerprint density at radius 3 is 3.00 bits per heavy atom. The zero-order chi connectivity index (χ0) is 8.84. The highest BCUT2D eigenvalue weighted by atomic mass is 15.1. The predicted molar refractivity (Wildman–Crippen MR) is 48.1 cm³/mol. The fraction of sp³-hybridized carbons (Fsp3) is 0.375. The molecule has 1 saturated carbocycles. The van der Waals surface area contributed by atoms with Gasteiger partial charge in [0.2, 0.25) is 5.95 Å². The second-order valence-corrected chi connectivity index (χ2v) is 3.34. The van der Waals surface area contributed by atoms with Crippen LogP contribution in [-0.2, 0) is 0 Å². The van der Waals surface area contributed by atoms with Crippen LogP contribution in [-0.4, -0.2) is 19.9 Å². The molecular weight excluding hydrogens is 166 g/mol. The van der Waals surface area contributed by atoms with Crippen molar-refractivity contribution in [2.24, 2.45) is 0 Å². The lowest BCUT2D eigenvalue weighted by atomic mass is 10.2. The second kappa shape index (κ2) is 2.18. The van der Waals surface area contributed by atoms with E-state index in [0.717, 1.165) is 16.9 Å². The highest BCUT2D eigenvalue weighted by Gasteiger charge is 2.28. The summed E-state index contributed by atoms with van der Waals surface area (Å²) in [7, 11) is 0. The molecule has 0 unspecified atom stereocenters. The molecule has 3 N–H and O–H groups in total. The molecule has 1 aliphatic carbocycles. The SMILES string of the molecule is Nc1nc(C2CC2)c2nc[nH]c2n1. The van der Waals surface area contributed by atoms with Crippen molar-refractivity contribution in [2.75, 3.05) is 5.73 Å². The van der Waals surface area contributed by atoms with Gasteiger partial charge in [0.15, 0.2) is 5.65 Å². The average Bonchev–Trinajstić information content (AvgIpc) is 2.84. The molecule has 3 rings (SSSR count).